The van der Waals surface area contributed by atoms with Crippen molar-refractivity contribution in [1.29, 1.82) is 0 Å². The minimum absolute atomic E-state index is 0.157. The first-order valence-electron chi connectivity index (χ1n) is 7.25. The van der Waals surface area contributed by atoms with Gasteiger partial charge in [-0.05, 0) is 37.2 Å². The maximum Gasteiger partial charge on any atom is 0.275 e. The van der Waals surface area contributed by atoms with Gasteiger partial charge in [-0.15, -0.1) is 0 Å². The van der Waals surface area contributed by atoms with E-state index in [2.05, 4.69) is 30.2 Å². The monoisotopic (exact) mass is 325 g/mol. The summed E-state index contributed by atoms with van der Waals surface area (Å²) in [5, 5.41) is 9.90. The SMILES string of the molecule is Cc1ccc(Oc2ncccc2CNC(=O)c2nonc2C)cn1. The zero-order valence-electron chi connectivity index (χ0n) is 13.2. The number of rotatable bonds is 5. The Morgan fingerprint density at radius 2 is 2.08 bits per heavy atom. The molecule has 3 aromatic rings. The van der Waals surface area contributed by atoms with E-state index in [0.717, 1.165) is 11.3 Å². The fraction of sp³-hybridized carbons (Fsp3) is 0.188. The van der Waals surface area contributed by atoms with E-state index in [4.69, 9.17) is 4.74 Å². The van der Waals surface area contributed by atoms with Crippen molar-refractivity contribution in [2.45, 2.75) is 20.4 Å². The first kappa shape index (κ1) is 15.6. The van der Waals surface area contributed by atoms with Gasteiger partial charge in [0.1, 0.15) is 11.4 Å². The Kier molecular flexibility index (Phi) is 4.46. The molecule has 0 bridgehead atoms. The molecular weight excluding hydrogens is 310 g/mol. The highest BCUT2D eigenvalue weighted by atomic mass is 16.6. The lowest BCUT2D eigenvalue weighted by molar-refractivity contribution is 0.0940. The summed E-state index contributed by atoms with van der Waals surface area (Å²) in [6.07, 6.45) is 3.24. The maximum absolute atomic E-state index is 12.1. The number of hydrogen-bond acceptors (Lipinski definition) is 7. The van der Waals surface area contributed by atoms with Crippen molar-refractivity contribution in [3.63, 3.8) is 0 Å². The van der Waals surface area contributed by atoms with Crippen molar-refractivity contribution in [2.75, 3.05) is 0 Å². The van der Waals surface area contributed by atoms with Gasteiger partial charge in [-0.1, -0.05) is 11.2 Å². The van der Waals surface area contributed by atoms with Crippen molar-refractivity contribution < 1.29 is 14.2 Å². The van der Waals surface area contributed by atoms with Crippen LogP contribution in [-0.4, -0.2) is 26.2 Å². The molecule has 0 atom stereocenters. The van der Waals surface area contributed by atoms with Crippen LogP contribution in [-0.2, 0) is 6.54 Å². The number of hydrogen-bond donors (Lipinski definition) is 1. The van der Waals surface area contributed by atoms with E-state index >= 15 is 0 Å². The molecule has 1 N–H and O–H groups in total. The summed E-state index contributed by atoms with van der Waals surface area (Å²) >= 11 is 0. The van der Waals surface area contributed by atoms with Gasteiger partial charge < -0.3 is 10.1 Å². The maximum atomic E-state index is 12.1. The normalized spacial score (nSPS) is 10.4. The molecule has 122 valence electrons. The number of aryl methyl sites for hydroxylation is 2. The molecule has 3 rings (SSSR count). The quantitative estimate of drug-likeness (QED) is 0.767. The standard InChI is InChI=1S/C16H15N5O3/c1-10-5-6-13(9-18-10)23-16-12(4-3-7-17-16)8-19-15(22)14-11(2)20-24-21-14/h3-7,9H,8H2,1-2H3,(H,19,22). The summed E-state index contributed by atoms with van der Waals surface area (Å²) in [6, 6.07) is 7.24. The van der Waals surface area contributed by atoms with Gasteiger partial charge in [-0.2, -0.15) is 0 Å². The number of pyridine rings is 2. The number of carbonyl (C=O) groups is 1. The van der Waals surface area contributed by atoms with Crippen LogP contribution in [0.2, 0.25) is 0 Å². The highest BCUT2D eigenvalue weighted by Crippen LogP contribution is 2.22. The summed E-state index contributed by atoms with van der Waals surface area (Å²) in [6.45, 7) is 3.77. The van der Waals surface area contributed by atoms with Gasteiger partial charge >= 0.3 is 0 Å². The third kappa shape index (κ3) is 3.54. The van der Waals surface area contributed by atoms with E-state index in [9.17, 15) is 4.79 Å². The molecule has 1 amide bonds. The molecule has 3 aromatic heterocycles. The molecule has 24 heavy (non-hydrogen) atoms. The van der Waals surface area contributed by atoms with Crippen LogP contribution in [0.5, 0.6) is 11.6 Å². The lowest BCUT2D eigenvalue weighted by atomic mass is 10.2. The number of ether oxygens (including phenoxy) is 1. The molecule has 0 spiro atoms. The Morgan fingerprint density at radius 3 is 2.79 bits per heavy atom. The summed E-state index contributed by atoms with van der Waals surface area (Å²) in [4.78, 5) is 20.4. The minimum Gasteiger partial charge on any atom is -0.437 e. The van der Waals surface area contributed by atoms with Gasteiger partial charge in [0, 0.05) is 24.0 Å². The molecule has 0 aliphatic carbocycles. The van der Waals surface area contributed by atoms with Crippen molar-refractivity contribution >= 4 is 5.91 Å². The van der Waals surface area contributed by atoms with E-state index in [-0.39, 0.29) is 18.1 Å². The van der Waals surface area contributed by atoms with Crippen molar-refractivity contribution in [3.05, 3.63) is 59.3 Å². The number of aromatic nitrogens is 4. The predicted molar refractivity (Wildman–Crippen MR) is 83.5 cm³/mol. The lowest BCUT2D eigenvalue weighted by Gasteiger charge is -2.10. The fourth-order valence-corrected chi connectivity index (χ4v) is 1.97. The van der Waals surface area contributed by atoms with Crippen molar-refractivity contribution in [3.8, 4) is 11.6 Å². The van der Waals surface area contributed by atoms with Crippen molar-refractivity contribution in [2.24, 2.45) is 0 Å². The lowest BCUT2D eigenvalue weighted by Crippen LogP contribution is -2.24. The van der Waals surface area contributed by atoms with Gasteiger partial charge in [0.2, 0.25) is 5.88 Å². The minimum atomic E-state index is -0.374. The highest BCUT2D eigenvalue weighted by Gasteiger charge is 2.15. The van der Waals surface area contributed by atoms with E-state index in [1.807, 2.05) is 25.1 Å². The van der Waals surface area contributed by atoms with Gasteiger partial charge in [0.05, 0.1) is 6.20 Å². The zero-order chi connectivity index (χ0) is 16.9. The van der Waals surface area contributed by atoms with Crippen LogP contribution < -0.4 is 10.1 Å². The van der Waals surface area contributed by atoms with Gasteiger partial charge in [0.15, 0.2) is 5.69 Å². The number of carbonyl (C=O) groups excluding carboxylic acids is 1. The Hall–Kier alpha value is -3.29. The largest absolute Gasteiger partial charge is 0.437 e. The Balaban J connectivity index is 1.71. The van der Waals surface area contributed by atoms with Crippen LogP contribution >= 0.6 is 0 Å². The molecule has 8 heteroatoms. The molecule has 0 saturated heterocycles. The molecule has 0 radical (unpaired) electrons. The number of nitrogens with zero attached hydrogens (tertiary/aromatic N) is 4. The van der Waals surface area contributed by atoms with E-state index in [1.165, 1.54) is 0 Å². The predicted octanol–water partition coefficient (Wildman–Crippen LogP) is 2.20. The van der Waals surface area contributed by atoms with Crippen molar-refractivity contribution in [1.82, 2.24) is 25.6 Å². The second-order valence-electron chi connectivity index (χ2n) is 5.09. The van der Waals surface area contributed by atoms with Gasteiger partial charge in [-0.25, -0.2) is 9.61 Å². The molecule has 0 fully saturated rings. The van der Waals surface area contributed by atoms with E-state index in [1.54, 1.807) is 25.4 Å². The molecular formula is C16H15N5O3. The third-order valence-corrected chi connectivity index (χ3v) is 3.26. The molecule has 0 unspecified atom stereocenters. The van der Waals surface area contributed by atoms with E-state index < -0.39 is 0 Å². The molecule has 8 nitrogen and oxygen atoms in total. The van der Waals surface area contributed by atoms with Crippen LogP contribution in [0.3, 0.4) is 0 Å². The Bertz CT molecular complexity index is 845. The second-order valence-corrected chi connectivity index (χ2v) is 5.09. The topological polar surface area (TPSA) is 103 Å². The molecule has 0 aromatic carbocycles. The zero-order valence-corrected chi connectivity index (χ0v) is 13.2. The smallest absolute Gasteiger partial charge is 0.275 e. The van der Waals surface area contributed by atoms with Crippen LogP contribution in [0.25, 0.3) is 0 Å². The molecule has 0 aliphatic heterocycles. The Labute approximate surface area is 137 Å². The van der Waals surface area contributed by atoms with Gasteiger partial charge in [0.25, 0.3) is 5.91 Å². The molecule has 0 saturated carbocycles. The number of nitrogens with one attached hydrogen (secondary N) is 1. The molecule has 0 aliphatic rings. The fourth-order valence-electron chi connectivity index (χ4n) is 1.97. The first-order valence-corrected chi connectivity index (χ1v) is 7.25. The second kappa shape index (κ2) is 6.86. The molecule has 3 heterocycles. The Morgan fingerprint density at radius 1 is 1.21 bits per heavy atom. The van der Waals surface area contributed by atoms with Crippen LogP contribution in [0.1, 0.15) is 27.4 Å². The van der Waals surface area contributed by atoms with E-state index in [0.29, 0.717) is 17.3 Å². The number of amides is 1. The average Bonchev–Trinajstić information content (AvgIpc) is 3.02. The summed E-state index contributed by atoms with van der Waals surface area (Å²) in [5.74, 6) is 0.599. The van der Waals surface area contributed by atoms with Crippen LogP contribution in [0.4, 0.5) is 0 Å². The summed E-state index contributed by atoms with van der Waals surface area (Å²) < 4.78 is 10.3. The highest BCUT2D eigenvalue weighted by molar-refractivity contribution is 5.92. The third-order valence-electron chi connectivity index (χ3n) is 3.26. The van der Waals surface area contributed by atoms with Crippen LogP contribution in [0.15, 0.2) is 41.3 Å². The van der Waals surface area contributed by atoms with Gasteiger partial charge in [-0.3, -0.25) is 9.78 Å². The summed E-state index contributed by atoms with van der Waals surface area (Å²) in [7, 11) is 0. The summed E-state index contributed by atoms with van der Waals surface area (Å²) in [5.41, 5.74) is 2.21. The average molecular weight is 325 g/mol. The van der Waals surface area contributed by atoms with Crippen LogP contribution in [0, 0.1) is 13.8 Å². The first-order chi connectivity index (χ1) is 11.6.